The second-order valence-corrected chi connectivity index (χ2v) is 4.68. The van der Waals surface area contributed by atoms with E-state index in [0.717, 1.165) is 25.2 Å². The zero-order valence-electron chi connectivity index (χ0n) is 9.80. The SMILES string of the molecule is c1ccc(C[C@@H]2COc3ccccc3C2)cc1. The maximum absolute atomic E-state index is 5.81. The van der Waals surface area contributed by atoms with E-state index in [2.05, 4.69) is 48.5 Å². The fraction of sp³-hybridized carbons (Fsp3) is 0.250. The quantitative estimate of drug-likeness (QED) is 0.759. The van der Waals surface area contributed by atoms with Gasteiger partial charge < -0.3 is 4.74 Å². The number of benzene rings is 2. The average molecular weight is 224 g/mol. The summed E-state index contributed by atoms with van der Waals surface area (Å²) in [5.74, 6) is 1.67. The molecular weight excluding hydrogens is 208 g/mol. The molecule has 1 atom stereocenters. The lowest BCUT2D eigenvalue weighted by atomic mass is 9.91. The van der Waals surface area contributed by atoms with Crippen molar-refractivity contribution >= 4 is 0 Å². The second-order valence-electron chi connectivity index (χ2n) is 4.68. The van der Waals surface area contributed by atoms with Crippen LogP contribution in [0.1, 0.15) is 11.1 Å². The molecule has 1 heterocycles. The van der Waals surface area contributed by atoms with Crippen LogP contribution < -0.4 is 4.74 Å². The molecule has 0 saturated carbocycles. The van der Waals surface area contributed by atoms with Gasteiger partial charge >= 0.3 is 0 Å². The summed E-state index contributed by atoms with van der Waals surface area (Å²) in [4.78, 5) is 0. The van der Waals surface area contributed by atoms with E-state index >= 15 is 0 Å². The van der Waals surface area contributed by atoms with Crippen molar-refractivity contribution in [2.45, 2.75) is 12.8 Å². The molecule has 0 spiro atoms. The first-order valence-electron chi connectivity index (χ1n) is 6.16. The monoisotopic (exact) mass is 224 g/mol. The third-order valence-corrected chi connectivity index (χ3v) is 3.32. The fourth-order valence-corrected chi connectivity index (χ4v) is 2.47. The number of rotatable bonds is 2. The highest BCUT2D eigenvalue weighted by Crippen LogP contribution is 2.28. The van der Waals surface area contributed by atoms with E-state index in [-0.39, 0.29) is 0 Å². The number of hydrogen-bond donors (Lipinski definition) is 0. The van der Waals surface area contributed by atoms with E-state index in [1.54, 1.807) is 0 Å². The van der Waals surface area contributed by atoms with Gasteiger partial charge in [-0.1, -0.05) is 48.5 Å². The number of para-hydroxylation sites is 1. The summed E-state index contributed by atoms with van der Waals surface area (Å²) in [6.45, 7) is 0.839. The van der Waals surface area contributed by atoms with Gasteiger partial charge in [0, 0.05) is 5.92 Å². The van der Waals surface area contributed by atoms with Gasteiger partial charge in [-0.2, -0.15) is 0 Å². The van der Waals surface area contributed by atoms with Crippen molar-refractivity contribution in [3.05, 3.63) is 65.7 Å². The minimum atomic E-state index is 0.604. The largest absolute Gasteiger partial charge is 0.493 e. The minimum absolute atomic E-state index is 0.604. The molecule has 2 aromatic carbocycles. The molecule has 1 nitrogen and oxygen atoms in total. The second kappa shape index (κ2) is 4.62. The van der Waals surface area contributed by atoms with Crippen LogP contribution in [0.25, 0.3) is 0 Å². The molecule has 3 rings (SSSR count). The van der Waals surface area contributed by atoms with Gasteiger partial charge in [0.25, 0.3) is 0 Å². The molecular formula is C16H16O. The number of ether oxygens (including phenoxy) is 1. The first-order valence-corrected chi connectivity index (χ1v) is 6.16. The van der Waals surface area contributed by atoms with E-state index in [4.69, 9.17) is 4.74 Å². The van der Waals surface area contributed by atoms with Crippen LogP contribution in [0.4, 0.5) is 0 Å². The molecule has 0 fully saturated rings. The first kappa shape index (κ1) is 10.4. The Bertz CT molecular complexity index is 490. The summed E-state index contributed by atoms with van der Waals surface area (Å²) in [6, 6.07) is 19.0. The van der Waals surface area contributed by atoms with Crippen molar-refractivity contribution in [3.63, 3.8) is 0 Å². The molecule has 0 aromatic heterocycles. The van der Waals surface area contributed by atoms with E-state index in [9.17, 15) is 0 Å². The van der Waals surface area contributed by atoms with Crippen LogP contribution >= 0.6 is 0 Å². The summed E-state index contributed by atoms with van der Waals surface area (Å²) >= 11 is 0. The molecule has 0 unspecified atom stereocenters. The van der Waals surface area contributed by atoms with Crippen molar-refractivity contribution in [1.82, 2.24) is 0 Å². The van der Waals surface area contributed by atoms with Gasteiger partial charge in [0.15, 0.2) is 0 Å². The van der Waals surface area contributed by atoms with E-state index in [0.29, 0.717) is 5.92 Å². The van der Waals surface area contributed by atoms with Crippen molar-refractivity contribution in [2.75, 3.05) is 6.61 Å². The highest BCUT2D eigenvalue weighted by atomic mass is 16.5. The molecule has 2 aromatic rings. The van der Waals surface area contributed by atoms with Crippen LogP contribution in [0, 0.1) is 5.92 Å². The molecule has 0 aliphatic carbocycles. The Morgan fingerprint density at radius 2 is 1.71 bits per heavy atom. The Labute approximate surface area is 102 Å². The predicted molar refractivity (Wildman–Crippen MR) is 69.3 cm³/mol. The van der Waals surface area contributed by atoms with Gasteiger partial charge in [0.05, 0.1) is 6.61 Å². The topological polar surface area (TPSA) is 9.23 Å². The summed E-state index contributed by atoms with van der Waals surface area (Å²) in [5, 5.41) is 0. The molecule has 86 valence electrons. The normalized spacial score (nSPS) is 18.2. The average Bonchev–Trinajstić information content (AvgIpc) is 2.40. The Morgan fingerprint density at radius 3 is 2.59 bits per heavy atom. The molecule has 1 heteroatoms. The van der Waals surface area contributed by atoms with Crippen LogP contribution in [0.5, 0.6) is 5.75 Å². The van der Waals surface area contributed by atoms with Crippen LogP contribution in [-0.2, 0) is 12.8 Å². The van der Waals surface area contributed by atoms with Crippen molar-refractivity contribution in [1.29, 1.82) is 0 Å². The Balaban J connectivity index is 1.72. The third-order valence-electron chi connectivity index (χ3n) is 3.32. The van der Waals surface area contributed by atoms with Gasteiger partial charge in [0.1, 0.15) is 5.75 Å². The molecule has 0 N–H and O–H groups in total. The Hall–Kier alpha value is -1.76. The lowest BCUT2D eigenvalue weighted by molar-refractivity contribution is 0.221. The zero-order chi connectivity index (χ0) is 11.5. The van der Waals surface area contributed by atoms with Gasteiger partial charge in [-0.15, -0.1) is 0 Å². The molecule has 0 saturated heterocycles. The standard InChI is InChI=1S/C16H16O/c1-2-6-13(7-3-1)10-14-11-15-8-4-5-9-16(15)17-12-14/h1-9,14H,10-12H2/t14-/m0/s1. The molecule has 0 amide bonds. The molecule has 0 bridgehead atoms. The van der Waals surface area contributed by atoms with E-state index in [1.807, 2.05) is 6.07 Å². The van der Waals surface area contributed by atoms with Crippen molar-refractivity contribution in [2.24, 2.45) is 5.92 Å². The summed E-state index contributed by atoms with van der Waals surface area (Å²) in [6.07, 6.45) is 2.24. The molecule has 1 aliphatic rings. The summed E-state index contributed by atoms with van der Waals surface area (Å²) in [7, 11) is 0. The Morgan fingerprint density at radius 1 is 0.941 bits per heavy atom. The van der Waals surface area contributed by atoms with E-state index < -0.39 is 0 Å². The lowest BCUT2D eigenvalue weighted by Crippen LogP contribution is -2.22. The maximum Gasteiger partial charge on any atom is 0.122 e. The third kappa shape index (κ3) is 2.33. The van der Waals surface area contributed by atoms with E-state index in [1.165, 1.54) is 11.1 Å². The van der Waals surface area contributed by atoms with Crippen LogP contribution in [0.3, 0.4) is 0 Å². The summed E-state index contributed by atoms with van der Waals surface area (Å²) < 4.78 is 5.81. The Kier molecular flexibility index (Phi) is 2.83. The fourth-order valence-electron chi connectivity index (χ4n) is 2.47. The van der Waals surface area contributed by atoms with Crippen LogP contribution in [0.15, 0.2) is 54.6 Å². The highest BCUT2D eigenvalue weighted by Gasteiger charge is 2.19. The predicted octanol–water partition coefficient (Wildman–Crippen LogP) is 3.48. The van der Waals surface area contributed by atoms with Gasteiger partial charge in [-0.05, 0) is 30.0 Å². The minimum Gasteiger partial charge on any atom is -0.493 e. The van der Waals surface area contributed by atoms with Crippen LogP contribution in [0.2, 0.25) is 0 Å². The maximum atomic E-state index is 5.81. The van der Waals surface area contributed by atoms with Gasteiger partial charge in [-0.25, -0.2) is 0 Å². The number of fused-ring (bicyclic) bond motifs is 1. The van der Waals surface area contributed by atoms with Crippen molar-refractivity contribution in [3.8, 4) is 5.75 Å². The zero-order valence-corrected chi connectivity index (χ0v) is 9.80. The summed E-state index contributed by atoms with van der Waals surface area (Å²) in [5.41, 5.74) is 2.75. The smallest absolute Gasteiger partial charge is 0.122 e. The molecule has 17 heavy (non-hydrogen) atoms. The number of hydrogen-bond acceptors (Lipinski definition) is 1. The lowest BCUT2D eigenvalue weighted by Gasteiger charge is -2.25. The first-order chi connectivity index (χ1) is 8.42. The highest BCUT2D eigenvalue weighted by molar-refractivity contribution is 5.35. The van der Waals surface area contributed by atoms with Crippen molar-refractivity contribution < 1.29 is 4.74 Å². The van der Waals surface area contributed by atoms with Crippen LogP contribution in [-0.4, -0.2) is 6.61 Å². The van der Waals surface area contributed by atoms with Gasteiger partial charge in [-0.3, -0.25) is 0 Å². The molecule has 0 radical (unpaired) electrons. The van der Waals surface area contributed by atoms with Gasteiger partial charge in [0.2, 0.25) is 0 Å². The molecule has 1 aliphatic heterocycles.